The molecule has 0 fully saturated rings. The predicted molar refractivity (Wildman–Crippen MR) is 100 cm³/mol. The van der Waals surface area contributed by atoms with Crippen LogP contribution in [0.3, 0.4) is 0 Å². The normalized spacial score (nSPS) is 11.5. The lowest BCUT2D eigenvalue weighted by Gasteiger charge is -2.15. The van der Waals surface area contributed by atoms with Gasteiger partial charge >= 0.3 is 6.55 Å². The van der Waals surface area contributed by atoms with Crippen molar-refractivity contribution in [2.24, 2.45) is 0 Å². The second-order valence-corrected chi connectivity index (χ2v) is 7.46. The Morgan fingerprint density at radius 2 is 2.15 bits per heavy atom. The minimum absolute atomic E-state index is 0.310. The molecule has 1 aromatic carbocycles. The van der Waals surface area contributed by atoms with Crippen LogP contribution in [0.2, 0.25) is 0 Å². The minimum atomic E-state index is -2.59. The second kappa shape index (κ2) is 8.24. The third-order valence-corrected chi connectivity index (χ3v) is 5.16. The van der Waals surface area contributed by atoms with Gasteiger partial charge in [-0.2, -0.15) is 8.78 Å². The largest absolute Gasteiger partial charge is 0.496 e. The molecule has 0 bridgehead atoms. The highest BCUT2D eigenvalue weighted by atomic mass is 79.9. The van der Waals surface area contributed by atoms with E-state index in [0.717, 1.165) is 31.1 Å². The van der Waals surface area contributed by atoms with Crippen LogP contribution in [0.4, 0.5) is 8.78 Å². The van der Waals surface area contributed by atoms with Gasteiger partial charge in [0.05, 0.1) is 24.9 Å². The van der Waals surface area contributed by atoms with Crippen molar-refractivity contribution >= 4 is 27.3 Å². The lowest BCUT2D eigenvalue weighted by atomic mass is 10.2. The molecule has 138 valence electrons. The van der Waals surface area contributed by atoms with Gasteiger partial charge in [0.25, 0.3) is 0 Å². The third-order valence-electron chi connectivity index (χ3n) is 3.75. The lowest BCUT2D eigenvalue weighted by Crippen LogP contribution is -2.20. The molecule has 0 saturated carbocycles. The van der Waals surface area contributed by atoms with E-state index in [0.29, 0.717) is 18.9 Å². The van der Waals surface area contributed by atoms with E-state index < -0.39 is 6.55 Å². The van der Waals surface area contributed by atoms with Gasteiger partial charge in [0, 0.05) is 28.8 Å². The summed E-state index contributed by atoms with van der Waals surface area (Å²) in [5.41, 5.74) is 1.78. The van der Waals surface area contributed by atoms with E-state index in [1.807, 2.05) is 35.5 Å². The van der Waals surface area contributed by atoms with Gasteiger partial charge in [0.1, 0.15) is 16.6 Å². The summed E-state index contributed by atoms with van der Waals surface area (Å²) in [4.78, 5) is 10.6. The van der Waals surface area contributed by atoms with Crippen molar-refractivity contribution in [3.63, 3.8) is 0 Å². The number of alkyl halides is 2. The van der Waals surface area contributed by atoms with Gasteiger partial charge in [-0.3, -0.25) is 9.47 Å². The topological polar surface area (TPSA) is 43.2 Å². The van der Waals surface area contributed by atoms with Gasteiger partial charge in [0.2, 0.25) is 0 Å². The summed E-state index contributed by atoms with van der Waals surface area (Å²) in [7, 11) is 3.48. The van der Waals surface area contributed by atoms with Crippen LogP contribution < -0.4 is 4.74 Å². The van der Waals surface area contributed by atoms with Gasteiger partial charge < -0.3 is 4.74 Å². The number of halogens is 3. The van der Waals surface area contributed by atoms with E-state index in [1.165, 1.54) is 23.7 Å². The van der Waals surface area contributed by atoms with E-state index in [-0.39, 0.29) is 0 Å². The fraction of sp³-hybridized carbons (Fsp3) is 0.294. The molecule has 3 aromatic rings. The zero-order valence-corrected chi connectivity index (χ0v) is 16.6. The summed E-state index contributed by atoms with van der Waals surface area (Å²) in [6, 6.07) is 5.76. The lowest BCUT2D eigenvalue weighted by molar-refractivity contribution is 0.0644. The zero-order valence-electron chi connectivity index (χ0n) is 14.2. The van der Waals surface area contributed by atoms with E-state index >= 15 is 0 Å². The molecule has 26 heavy (non-hydrogen) atoms. The molecule has 0 atom stereocenters. The summed E-state index contributed by atoms with van der Waals surface area (Å²) in [6.07, 6.45) is 2.67. The number of benzene rings is 1. The van der Waals surface area contributed by atoms with Crippen molar-refractivity contribution in [2.45, 2.75) is 19.6 Å². The van der Waals surface area contributed by atoms with Crippen LogP contribution in [-0.4, -0.2) is 33.6 Å². The number of aromatic nitrogens is 3. The smallest absolute Gasteiger partial charge is 0.319 e. The SMILES string of the molecule is COc1ccc(Br)cc1-c1nc(CN(C)Cc2nccn2C(F)F)cs1. The molecule has 0 aliphatic heterocycles. The number of hydrogen-bond donors (Lipinski definition) is 0. The molecule has 0 spiro atoms. The number of hydrogen-bond acceptors (Lipinski definition) is 5. The van der Waals surface area contributed by atoms with Crippen LogP contribution in [0.25, 0.3) is 10.6 Å². The highest BCUT2D eigenvalue weighted by Crippen LogP contribution is 2.34. The maximum Gasteiger partial charge on any atom is 0.319 e. The summed E-state index contributed by atoms with van der Waals surface area (Å²) < 4.78 is 33.0. The van der Waals surface area contributed by atoms with Gasteiger partial charge in [-0.25, -0.2) is 9.97 Å². The molecule has 2 aromatic heterocycles. The highest BCUT2D eigenvalue weighted by molar-refractivity contribution is 9.10. The van der Waals surface area contributed by atoms with Gasteiger partial charge in [-0.05, 0) is 25.2 Å². The number of ether oxygens (including phenoxy) is 1. The average molecular weight is 443 g/mol. The van der Waals surface area contributed by atoms with Crippen molar-refractivity contribution < 1.29 is 13.5 Å². The Morgan fingerprint density at radius 3 is 2.88 bits per heavy atom. The van der Waals surface area contributed by atoms with Crippen molar-refractivity contribution in [3.8, 4) is 16.3 Å². The maximum absolute atomic E-state index is 12.9. The number of rotatable bonds is 7. The molecule has 0 N–H and O–H groups in total. The Hall–Kier alpha value is -1.84. The number of methoxy groups -OCH3 is 1. The summed E-state index contributed by atoms with van der Waals surface area (Å²) in [6.45, 7) is -1.75. The zero-order chi connectivity index (χ0) is 18.7. The van der Waals surface area contributed by atoms with Crippen LogP contribution >= 0.6 is 27.3 Å². The summed E-state index contributed by atoms with van der Waals surface area (Å²) >= 11 is 4.98. The first kappa shape index (κ1) is 18.9. The molecular weight excluding hydrogens is 426 g/mol. The number of nitrogens with zero attached hydrogens (tertiary/aromatic N) is 4. The third kappa shape index (κ3) is 4.28. The quantitative estimate of drug-likeness (QED) is 0.526. The molecule has 0 aliphatic carbocycles. The molecule has 0 saturated heterocycles. The fourth-order valence-corrected chi connectivity index (χ4v) is 3.76. The van der Waals surface area contributed by atoms with Crippen LogP contribution in [0.5, 0.6) is 5.75 Å². The Kier molecular flexibility index (Phi) is 6.00. The van der Waals surface area contributed by atoms with Crippen LogP contribution in [0, 0.1) is 0 Å². The molecule has 0 amide bonds. The van der Waals surface area contributed by atoms with Gasteiger partial charge in [-0.15, -0.1) is 11.3 Å². The van der Waals surface area contributed by atoms with E-state index in [9.17, 15) is 8.78 Å². The van der Waals surface area contributed by atoms with Crippen molar-refractivity contribution in [1.82, 2.24) is 19.4 Å². The minimum Gasteiger partial charge on any atom is -0.496 e. The molecule has 0 radical (unpaired) electrons. The predicted octanol–water partition coefficient (Wildman–Crippen LogP) is 4.80. The van der Waals surface area contributed by atoms with Crippen LogP contribution in [-0.2, 0) is 13.1 Å². The molecule has 0 aliphatic rings. The number of imidazole rings is 1. The molecule has 2 heterocycles. The maximum atomic E-state index is 12.9. The molecule has 9 heteroatoms. The summed E-state index contributed by atoms with van der Waals surface area (Å²) in [5.74, 6) is 1.08. The Morgan fingerprint density at radius 1 is 1.35 bits per heavy atom. The molecule has 3 rings (SSSR count). The van der Waals surface area contributed by atoms with E-state index in [2.05, 4.69) is 25.9 Å². The van der Waals surface area contributed by atoms with Crippen LogP contribution in [0.15, 0.2) is 40.4 Å². The Bertz CT molecular complexity index is 883. The van der Waals surface area contributed by atoms with Gasteiger partial charge in [0.15, 0.2) is 0 Å². The molecule has 0 unspecified atom stereocenters. The second-order valence-electron chi connectivity index (χ2n) is 5.69. The number of thiazole rings is 1. The monoisotopic (exact) mass is 442 g/mol. The first-order valence-corrected chi connectivity index (χ1v) is 9.42. The standard InChI is InChI=1S/C17H17BrF2N4OS/c1-23(9-15-21-5-6-24(15)17(19)20)8-12-10-26-16(22-12)13-7-11(18)3-4-14(13)25-2/h3-7,10,17H,8-9H2,1-2H3. The highest BCUT2D eigenvalue weighted by Gasteiger charge is 2.15. The first-order chi connectivity index (χ1) is 12.5. The van der Waals surface area contributed by atoms with Crippen molar-refractivity contribution in [3.05, 3.63) is 52.0 Å². The summed E-state index contributed by atoms with van der Waals surface area (Å²) in [5, 5.41) is 2.81. The van der Waals surface area contributed by atoms with E-state index in [4.69, 9.17) is 4.74 Å². The van der Waals surface area contributed by atoms with Gasteiger partial charge in [-0.1, -0.05) is 15.9 Å². The van der Waals surface area contributed by atoms with E-state index in [1.54, 1.807) is 7.11 Å². The van der Waals surface area contributed by atoms with Crippen molar-refractivity contribution in [2.75, 3.05) is 14.2 Å². The first-order valence-electron chi connectivity index (χ1n) is 7.74. The van der Waals surface area contributed by atoms with Crippen LogP contribution in [0.1, 0.15) is 18.1 Å². The Labute approximate surface area is 162 Å². The Balaban J connectivity index is 1.72. The molecule has 5 nitrogen and oxygen atoms in total. The average Bonchev–Trinajstić information content (AvgIpc) is 3.24. The fourth-order valence-electron chi connectivity index (χ4n) is 2.57. The molecular formula is C17H17BrF2N4OS. The van der Waals surface area contributed by atoms with Crippen molar-refractivity contribution in [1.29, 1.82) is 0 Å².